The Morgan fingerprint density at radius 2 is 1.95 bits per heavy atom. The molecule has 0 heterocycles. The summed E-state index contributed by atoms with van der Waals surface area (Å²) in [6, 6.07) is 9.64. The van der Waals surface area contributed by atoms with Crippen LogP contribution in [-0.2, 0) is 20.9 Å². The molecule has 5 nitrogen and oxygen atoms in total. The first-order valence-electron chi connectivity index (χ1n) is 6.09. The van der Waals surface area contributed by atoms with Gasteiger partial charge in [-0.15, -0.1) is 0 Å². The van der Waals surface area contributed by atoms with E-state index in [1.54, 1.807) is 6.92 Å². The van der Waals surface area contributed by atoms with E-state index in [0.717, 1.165) is 17.7 Å². The van der Waals surface area contributed by atoms with E-state index in [9.17, 15) is 9.59 Å². The summed E-state index contributed by atoms with van der Waals surface area (Å²) in [4.78, 5) is 22.4. The Balaban J connectivity index is 2.31. The predicted octanol–water partition coefficient (Wildman–Crippen LogP) is 1.30. The van der Waals surface area contributed by atoms with Crippen LogP contribution in [0.2, 0.25) is 0 Å². The van der Waals surface area contributed by atoms with Crippen molar-refractivity contribution in [1.82, 2.24) is 10.6 Å². The molecular formula is C14H16N2O3S. The van der Waals surface area contributed by atoms with Crippen LogP contribution in [0.1, 0.15) is 12.5 Å². The summed E-state index contributed by atoms with van der Waals surface area (Å²) in [5, 5.41) is 5.53. The Labute approximate surface area is 123 Å². The van der Waals surface area contributed by atoms with Gasteiger partial charge in [-0.1, -0.05) is 30.3 Å². The van der Waals surface area contributed by atoms with Crippen molar-refractivity contribution in [3.63, 3.8) is 0 Å². The van der Waals surface area contributed by atoms with Crippen molar-refractivity contribution in [3.05, 3.63) is 48.0 Å². The summed E-state index contributed by atoms with van der Waals surface area (Å²) in [5.74, 6) is -1.05. The number of carbonyl (C=O) groups excluding carboxylic acids is 2. The van der Waals surface area contributed by atoms with Crippen molar-refractivity contribution in [3.8, 4) is 0 Å². The Morgan fingerprint density at radius 3 is 2.60 bits per heavy atom. The van der Waals surface area contributed by atoms with Gasteiger partial charge in [0.2, 0.25) is 5.91 Å². The van der Waals surface area contributed by atoms with Gasteiger partial charge in [-0.3, -0.25) is 10.1 Å². The topological polar surface area (TPSA) is 67.4 Å². The zero-order chi connectivity index (χ0) is 14.8. The van der Waals surface area contributed by atoms with Gasteiger partial charge in [-0.2, -0.15) is 0 Å². The van der Waals surface area contributed by atoms with E-state index in [1.807, 2.05) is 30.3 Å². The zero-order valence-corrected chi connectivity index (χ0v) is 11.9. The lowest BCUT2D eigenvalue weighted by molar-refractivity contribution is -0.137. The molecule has 0 saturated heterocycles. The Bertz CT molecular complexity index is 500. The van der Waals surface area contributed by atoms with Gasteiger partial charge in [-0.05, 0) is 24.7 Å². The molecular weight excluding hydrogens is 276 g/mol. The molecule has 0 aliphatic carbocycles. The fourth-order valence-corrected chi connectivity index (χ4v) is 1.48. The zero-order valence-electron chi connectivity index (χ0n) is 11.1. The van der Waals surface area contributed by atoms with Gasteiger partial charge < -0.3 is 10.1 Å². The van der Waals surface area contributed by atoms with Crippen molar-refractivity contribution in [2.45, 2.75) is 13.5 Å². The van der Waals surface area contributed by atoms with Crippen molar-refractivity contribution < 1.29 is 14.3 Å². The lowest BCUT2D eigenvalue weighted by Gasteiger charge is -2.07. The fourth-order valence-electron chi connectivity index (χ4n) is 1.31. The number of hydrogen-bond acceptors (Lipinski definition) is 4. The molecule has 0 fully saturated rings. The van der Waals surface area contributed by atoms with Crippen LogP contribution in [0.25, 0.3) is 0 Å². The van der Waals surface area contributed by atoms with Gasteiger partial charge in [0.05, 0.1) is 6.61 Å². The molecule has 2 N–H and O–H groups in total. The molecule has 20 heavy (non-hydrogen) atoms. The van der Waals surface area contributed by atoms with E-state index in [2.05, 4.69) is 15.4 Å². The molecule has 1 rings (SSSR count). The highest BCUT2D eigenvalue weighted by Crippen LogP contribution is 1.96. The van der Waals surface area contributed by atoms with Crippen LogP contribution in [0.5, 0.6) is 0 Å². The van der Waals surface area contributed by atoms with Crippen molar-refractivity contribution >= 4 is 29.2 Å². The maximum atomic E-state index is 11.4. The second kappa shape index (κ2) is 8.82. The van der Waals surface area contributed by atoms with Gasteiger partial charge >= 0.3 is 5.97 Å². The molecule has 0 aliphatic rings. The molecule has 0 radical (unpaired) electrons. The van der Waals surface area contributed by atoms with Gasteiger partial charge in [0.1, 0.15) is 0 Å². The average Bonchev–Trinajstić information content (AvgIpc) is 2.44. The first-order chi connectivity index (χ1) is 9.61. The smallest absolute Gasteiger partial charge is 0.330 e. The standard InChI is InChI=1S/C14H16N2O3S/c1-2-19-13(18)9-8-12(17)16-14(20)15-10-11-6-4-3-5-7-11/h3-9H,2,10H2,1H3,(H2,15,16,17,20)/b9-8+. The molecule has 0 saturated carbocycles. The minimum Gasteiger partial charge on any atom is -0.463 e. The third-order valence-electron chi connectivity index (χ3n) is 2.19. The number of rotatable bonds is 5. The summed E-state index contributed by atoms with van der Waals surface area (Å²) < 4.78 is 4.65. The number of esters is 1. The highest BCUT2D eigenvalue weighted by atomic mass is 32.1. The molecule has 0 bridgehead atoms. The highest BCUT2D eigenvalue weighted by molar-refractivity contribution is 7.80. The molecule has 6 heteroatoms. The molecule has 1 aromatic rings. The van der Waals surface area contributed by atoms with Crippen molar-refractivity contribution in [2.24, 2.45) is 0 Å². The highest BCUT2D eigenvalue weighted by Gasteiger charge is 2.02. The molecule has 0 atom stereocenters. The van der Waals surface area contributed by atoms with E-state index < -0.39 is 11.9 Å². The molecule has 0 unspecified atom stereocenters. The first kappa shape index (κ1) is 15.8. The Hall–Kier alpha value is -2.21. The predicted molar refractivity (Wildman–Crippen MR) is 79.8 cm³/mol. The van der Waals surface area contributed by atoms with Crippen LogP contribution < -0.4 is 10.6 Å². The summed E-state index contributed by atoms with van der Waals surface area (Å²) in [6.07, 6.45) is 2.13. The maximum Gasteiger partial charge on any atom is 0.330 e. The van der Waals surface area contributed by atoms with Gasteiger partial charge in [0, 0.05) is 18.7 Å². The molecule has 1 aromatic carbocycles. The van der Waals surface area contributed by atoms with Crippen LogP contribution in [-0.4, -0.2) is 23.6 Å². The van der Waals surface area contributed by atoms with E-state index in [-0.39, 0.29) is 11.7 Å². The van der Waals surface area contributed by atoms with Crippen LogP contribution in [0.15, 0.2) is 42.5 Å². The van der Waals surface area contributed by atoms with Gasteiger partial charge in [0.25, 0.3) is 0 Å². The Kier molecular flexibility index (Phi) is 6.99. The fraction of sp³-hybridized carbons (Fsp3) is 0.214. The summed E-state index contributed by atoms with van der Waals surface area (Å²) in [5.41, 5.74) is 1.05. The SMILES string of the molecule is CCOC(=O)/C=C/C(=O)NC(=S)NCc1ccccc1. The van der Waals surface area contributed by atoms with Crippen LogP contribution in [0.4, 0.5) is 0 Å². The van der Waals surface area contributed by atoms with E-state index >= 15 is 0 Å². The normalized spacial score (nSPS) is 10.1. The number of amides is 1. The minimum absolute atomic E-state index is 0.201. The average molecular weight is 292 g/mol. The monoisotopic (exact) mass is 292 g/mol. The van der Waals surface area contributed by atoms with Gasteiger partial charge in [-0.25, -0.2) is 4.79 Å². The molecule has 0 aromatic heterocycles. The van der Waals surface area contributed by atoms with Crippen molar-refractivity contribution in [1.29, 1.82) is 0 Å². The number of hydrogen-bond donors (Lipinski definition) is 2. The van der Waals surface area contributed by atoms with Crippen LogP contribution in [0.3, 0.4) is 0 Å². The summed E-state index contributed by atoms with van der Waals surface area (Å²) in [6.45, 7) is 2.47. The molecule has 1 amide bonds. The molecule has 0 aliphatic heterocycles. The van der Waals surface area contributed by atoms with Crippen LogP contribution >= 0.6 is 12.2 Å². The quantitative estimate of drug-likeness (QED) is 0.486. The van der Waals surface area contributed by atoms with Gasteiger partial charge in [0.15, 0.2) is 5.11 Å². The summed E-state index contributed by atoms with van der Waals surface area (Å²) in [7, 11) is 0. The number of benzene rings is 1. The number of carbonyl (C=O) groups is 2. The second-order valence-corrected chi connectivity index (χ2v) is 4.15. The lowest BCUT2D eigenvalue weighted by Crippen LogP contribution is -2.38. The molecule has 106 valence electrons. The minimum atomic E-state index is -0.564. The lowest BCUT2D eigenvalue weighted by atomic mass is 10.2. The first-order valence-corrected chi connectivity index (χ1v) is 6.50. The van der Waals surface area contributed by atoms with E-state index in [4.69, 9.17) is 12.2 Å². The van der Waals surface area contributed by atoms with E-state index in [1.165, 1.54) is 0 Å². The van der Waals surface area contributed by atoms with E-state index in [0.29, 0.717) is 6.54 Å². The maximum absolute atomic E-state index is 11.4. The second-order valence-electron chi connectivity index (χ2n) is 3.74. The number of thiocarbonyl (C=S) groups is 1. The van der Waals surface area contributed by atoms with Crippen molar-refractivity contribution in [2.75, 3.05) is 6.61 Å². The van der Waals surface area contributed by atoms with Crippen LogP contribution in [0, 0.1) is 0 Å². The number of nitrogens with one attached hydrogen (secondary N) is 2. The molecule has 0 spiro atoms. The third-order valence-corrected chi connectivity index (χ3v) is 2.44. The Morgan fingerprint density at radius 1 is 1.25 bits per heavy atom. The largest absolute Gasteiger partial charge is 0.463 e. The third kappa shape index (κ3) is 6.65. The summed E-state index contributed by atoms with van der Waals surface area (Å²) >= 11 is 4.97. The number of ether oxygens (including phenoxy) is 1.